The number of hydrogen-bond donors (Lipinski definition) is 1. The molecule has 0 spiro atoms. The van der Waals surface area contributed by atoms with Gasteiger partial charge in [-0.25, -0.2) is 4.39 Å². The molecule has 1 aromatic carbocycles. The average molecular weight is 238 g/mol. The molecular formula is C12H15FN2S. The molecule has 1 N–H and O–H groups in total. The van der Waals surface area contributed by atoms with E-state index in [4.69, 9.17) is 0 Å². The molecule has 16 heavy (non-hydrogen) atoms. The third-order valence-corrected chi connectivity index (χ3v) is 3.53. The van der Waals surface area contributed by atoms with Crippen LogP contribution in [0.5, 0.6) is 0 Å². The van der Waals surface area contributed by atoms with Gasteiger partial charge in [0.2, 0.25) is 0 Å². The molecule has 2 rings (SSSR count). The second-order valence-electron chi connectivity index (χ2n) is 4.19. The van der Waals surface area contributed by atoms with Gasteiger partial charge in [0.15, 0.2) is 5.17 Å². The maximum atomic E-state index is 12.7. The summed E-state index contributed by atoms with van der Waals surface area (Å²) in [5.74, 6) is 1.38. The Labute approximate surface area is 99.3 Å². The number of thioether (sulfide) groups is 1. The molecule has 0 aromatic heterocycles. The van der Waals surface area contributed by atoms with Crippen molar-refractivity contribution in [2.24, 2.45) is 10.9 Å². The van der Waals surface area contributed by atoms with Crippen molar-refractivity contribution in [3.05, 3.63) is 30.1 Å². The molecule has 1 aliphatic rings. The zero-order chi connectivity index (χ0) is 11.5. The standard InChI is InChI=1S/C12H15FN2S/c1-8(2)11-7-16-12(15-11)14-10-5-3-9(13)4-6-10/h3-6,8,11H,7H2,1-2H3,(H,14,15)/t11-/m1/s1. The van der Waals surface area contributed by atoms with Gasteiger partial charge in [-0.1, -0.05) is 25.6 Å². The first-order valence-electron chi connectivity index (χ1n) is 5.38. The lowest BCUT2D eigenvalue weighted by molar-refractivity contribution is 0.543. The lowest BCUT2D eigenvalue weighted by atomic mass is 10.1. The molecule has 86 valence electrons. The normalized spacial score (nSPS) is 20.0. The summed E-state index contributed by atoms with van der Waals surface area (Å²) in [6.07, 6.45) is 0. The van der Waals surface area contributed by atoms with E-state index >= 15 is 0 Å². The monoisotopic (exact) mass is 238 g/mol. The number of halogens is 1. The predicted molar refractivity (Wildman–Crippen MR) is 68.5 cm³/mol. The summed E-state index contributed by atoms with van der Waals surface area (Å²) in [6.45, 7) is 4.35. The number of anilines is 1. The minimum atomic E-state index is -0.216. The van der Waals surface area contributed by atoms with E-state index in [1.165, 1.54) is 12.1 Å². The Morgan fingerprint density at radius 1 is 1.38 bits per heavy atom. The number of aliphatic imine (C=N–C) groups is 1. The Morgan fingerprint density at radius 3 is 2.62 bits per heavy atom. The number of rotatable bonds is 2. The smallest absolute Gasteiger partial charge is 0.161 e. The molecule has 0 fully saturated rings. The van der Waals surface area contributed by atoms with Gasteiger partial charge in [-0.2, -0.15) is 0 Å². The molecule has 1 aliphatic heterocycles. The highest BCUT2D eigenvalue weighted by Crippen LogP contribution is 2.24. The Bertz CT molecular complexity index is 387. The molecule has 1 aromatic rings. The molecule has 1 atom stereocenters. The molecule has 0 saturated heterocycles. The molecule has 1 heterocycles. The summed E-state index contributed by atoms with van der Waals surface area (Å²) in [7, 11) is 0. The van der Waals surface area contributed by atoms with Crippen LogP contribution in [0.25, 0.3) is 0 Å². The first-order valence-corrected chi connectivity index (χ1v) is 6.37. The Hall–Kier alpha value is -1.03. The minimum Gasteiger partial charge on any atom is -0.335 e. The molecule has 0 bridgehead atoms. The lowest BCUT2D eigenvalue weighted by Gasteiger charge is -2.08. The lowest BCUT2D eigenvalue weighted by Crippen LogP contribution is -2.12. The minimum absolute atomic E-state index is 0.216. The van der Waals surface area contributed by atoms with Crippen molar-refractivity contribution < 1.29 is 4.39 Å². The van der Waals surface area contributed by atoms with Crippen LogP contribution in [0.2, 0.25) is 0 Å². The third kappa shape index (κ3) is 2.76. The van der Waals surface area contributed by atoms with Crippen molar-refractivity contribution >= 4 is 22.6 Å². The van der Waals surface area contributed by atoms with E-state index in [9.17, 15) is 4.39 Å². The maximum absolute atomic E-state index is 12.7. The van der Waals surface area contributed by atoms with Crippen molar-refractivity contribution in [3.8, 4) is 0 Å². The van der Waals surface area contributed by atoms with E-state index in [0.29, 0.717) is 12.0 Å². The van der Waals surface area contributed by atoms with Crippen LogP contribution in [-0.2, 0) is 0 Å². The van der Waals surface area contributed by atoms with Crippen molar-refractivity contribution in [1.82, 2.24) is 0 Å². The molecular weight excluding hydrogens is 223 g/mol. The predicted octanol–water partition coefficient (Wildman–Crippen LogP) is 3.37. The fourth-order valence-electron chi connectivity index (χ4n) is 1.46. The fraction of sp³-hybridized carbons (Fsp3) is 0.417. The highest BCUT2D eigenvalue weighted by molar-refractivity contribution is 8.14. The first-order chi connectivity index (χ1) is 7.65. The SMILES string of the molecule is CC(C)[C@H]1CSC(Nc2ccc(F)cc2)=N1. The van der Waals surface area contributed by atoms with Crippen LogP contribution in [-0.4, -0.2) is 17.0 Å². The van der Waals surface area contributed by atoms with E-state index in [1.807, 2.05) is 0 Å². The quantitative estimate of drug-likeness (QED) is 0.854. The first kappa shape index (κ1) is 11.5. The van der Waals surface area contributed by atoms with Gasteiger partial charge in [0.1, 0.15) is 5.82 Å². The van der Waals surface area contributed by atoms with E-state index in [0.717, 1.165) is 16.6 Å². The number of benzene rings is 1. The molecule has 2 nitrogen and oxygen atoms in total. The summed E-state index contributed by atoms with van der Waals surface area (Å²) in [4.78, 5) is 4.58. The molecule has 0 radical (unpaired) electrons. The zero-order valence-corrected chi connectivity index (χ0v) is 10.2. The number of amidine groups is 1. The van der Waals surface area contributed by atoms with Crippen molar-refractivity contribution in [2.45, 2.75) is 19.9 Å². The van der Waals surface area contributed by atoms with Crippen molar-refractivity contribution in [1.29, 1.82) is 0 Å². The maximum Gasteiger partial charge on any atom is 0.161 e. The van der Waals surface area contributed by atoms with Crippen LogP contribution in [0.3, 0.4) is 0 Å². The van der Waals surface area contributed by atoms with Gasteiger partial charge in [0.05, 0.1) is 6.04 Å². The Balaban J connectivity index is 2.01. The van der Waals surface area contributed by atoms with Gasteiger partial charge in [-0.05, 0) is 30.2 Å². The molecule has 0 amide bonds. The van der Waals surface area contributed by atoms with E-state index < -0.39 is 0 Å². The summed E-state index contributed by atoms with van der Waals surface area (Å²) in [5.41, 5.74) is 0.886. The van der Waals surface area contributed by atoms with Gasteiger partial charge in [-0.15, -0.1) is 0 Å². The largest absolute Gasteiger partial charge is 0.335 e. The van der Waals surface area contributed by atoms with Crippen LogP contribution in [0.15, 0.2) is 29.3 Å². The Morgan fingerprint density at radius 2 is 2.06 bits per heavy atom. The van der Waals surface area contributed by atoms with Crippen molar-refractivity contribution in [3.63, 3.8) is 0 Å². The van der Waals surface area contributed by atoms with Crippen LogP contribution < -0.4 is 5.32 Å². The van der Waals surface area contributed by atoms with Gasteiger partial charge in [-0.3, -0.25) is 4.99 Å². The van der Waals surface area contributed by atoms with E-state index in [2.05, 4.69) is 24.2 Å². The third-order valence-electron chi connectivity index (χ3n) is 2.54. The highest BCUT2D eigenvalue weighted by Gasteiger charge is 2.20. The summed E-state index contributed by atoms with van der Waals surface area (Å²) < 4.78 is 12.7. The average Bonchev–Trinajstić information content (AvgIpc) is 2.70. The van der Waals surface area contributed by atoms with Crippen molar-refractivity contribution in [2.75, 3.05) is 11.1 Å². The second-order valence-corrected chi connectivity index (χ2v) is 5.20. The summed E-state index contributed by atoms with van der Waals surface area (Å²) in [5, 5.41) is 4.13. The van der Waals surface area contributed by atoms with Crippen LogP contribution in [0.1, 0.15) is 13.8 Å². The molecule has 4 heteroatoms. The topological polar surface area (TPSA) is 24.4 Å². The number of hydrogen-bond acceptors (Lipinski definition) is 3. The van der Waals surface area contributed by atoms with Gasteiger partial charge >= 0.3 is 0 Å². The molecule has 0 aliphatic carbocycles. The fourth-order valence-corrected chi connectivity index (χ4v) is 2.64. The molecule has 0 unspecified atom stereocenters. The highest BCUT2D eigenvalue weighted by atomic mass is 32.2. The summed E-state index contributed by atoms with van der Waals surface area (Å²) >= 11 is 1.72. The summed E-state index contributed by atoms with van der Waals surface area (Å²) in [6, 6.07) is 6.74. The van der Waals surface area contributed by atoms with E-state index in [1.54, 1.807) is 23.9 Å². The number of nitrogens with one attached hydrogen (secondary N) is 1. The van der Waals surface area contributed by atoms with Crippen LogP contribution >= 0.6 is 11.8 Å². The van der Waals surface area contributed by atoms with Gasteiger partial charge in [0, 0.05) is 11.4 Å². The second kappa shape index (κ2) is 4.87. The Kier molecular flexibility index (Phi) is 3.49. The molecule has 0 saturated carbocycles. The van der Waals surface area contributed by atoms with Crippen LogP contribution in [0, 0.1) is 11.7 Å². The zero-order valence-electron chi connectivity index (χ0n) is 9.40. The van der Waals surface area contributed by atoms with Gasteiger partial charge in [0.25, 0.3) is 0 Å². The van der Waals surface area contributed by atoms with E-state index in [-0.39, 0.29) is 5.82 Å². The van der Waals surface area contributed by atoms with Gasteiger partial charge < -0.3 is 5.32 Å². The number of nitrogens with zero attached hydrogens (tertiary/aromatic N) is 1. The van der Waals surface area contributed by atoms with Crippen LogP contribution in [0.4, 0.5) is 10.1 Å².